The van der Waals surface area contributed by atoms with Gasteiger partial charge in [-0.05, 0) is 17.7 Å². The molecule has 0 aliphatic rings. The lowest BCUT2D eigenvalue weighted by Gasteiger charge is -2.12. The van der Waals surface area contributed by atoms with E-state index in [0.29, 0.717) is 28.9 Å². The van der Waals surface area contributed by atoms with Crippen LogP contribution in [0.5, 0.6) is 11.5 Å². The molecule has 4 rings (SSSR count). The summed E-state index contributed by atoms with van der Waals surface area (Å²) in [5, 5.41) is 12.4. The first kappa shape index (κ1) is 22.4. The summed E-state index contributed by atoms with van der Waals surface area (Å²) in [4.78, 5) is 12.7. The van der Waals surface area contributed by atoms with Gasteiger partial charge < -0.3 is 14.8 Å². The molecule has 3 aromatic carbocycles. The third-order valence-corrected chi connectivity index (χ3v) is 5.91. The van der Waals surface area contributed by atoms with Crippen LogP contribution in [0, 0.1) is 0 Å². The van der Waals surface area contributed by atoms with Crippen LogP contribution in [0.3, 0.4) is 0 Å². The molecule has 1 amide bonds. The van der Waals surface area contributed by atoms with Crippen LogP contribution in [0.25, 0.3) is 11.4 Å². The second-order valence-electron chi connectivity index (χ2n) is 7.15. The number of thioether (sulfide) groups is 1. The van der Waals surface area contributed by atoms with Gasteiger partial charge in [0.1, 0.15) is 11.5 Å². The monoisotopic (exact) mass is 460 g/mol. The van der Waals surface area contributed by atoms with Crippen molar-refractivity contribution in [3.63, 3.8) is 0 Å². The van der Waals surface area contributed by atoms with Crippen LogP contribution in [0.2, 0.25) is 0 Å². The van der Waals surface area contributed by atoms with Crippen molar-refractivity contribution in [2.75, 3.05) is 25.3 Å². The molecule has 1 aromatic heterocycles. The zero-order valence-corrected chi connectivity index (χ0v) is 19.2. The summed E-state index contributed by atoms with van der Waals surface area (Å²) in [5.41, 5.74) is 2.68. The Morgan fingerprint density at radius 3 is 2.36 bits per heavy atom. The van der Waals surface area contributed by atoms with Crippen LogP contribution in [-0.2, 0) is 11.3 Å². The number of carbonyl (C=O) groups is 1. The fourth-order valence-corrected chi connectivity index (χ4v) is 4.06. The lowest BCUT2D eigenvalue weighted by Crippen LogP contribution is -2.15. The number of hydrogen-bond donors (Lipinski definition) is 1. The van der Waals surface area contributed by atoms with Gasteiger partial charge in [0.2, 0.25) is 5.91 Å². The van der Waals surface area contributed by atoms with Crippen LogP contribution in [0.4, 0.5) is 5.69 Å². The average molecular weight is 461 g/mol. The van der Waals surface area contributed by atoms with E-state index in [1.54, 1.807) is 32.4 Å². The molecule has 0 saturated carbocycles. The predicted octanol–water partition coefficient (Wildman–Crippen LogP) is 4.74. The van der Waals surface area contributed by atoms with E-state index in [1.165, 1.54) is 11.8 Å². The lowest BCUT2D eigenvalue weighted by molar-refractivity contribution is -0.113. The summed E-state index contributed by atoms with van der Waals surface area (Å²) in [6.07, 6.45) is 0. The maximum Gasteiger partial charge on any atom is 0.234 e. The van der Waals surface area contributed by atoms with Gasteiger partial charge >= 0.3 is 0 Å². The number of nitrogens with one attached hydrogen (secondary N) is 1. The number of anilines is 1. The molecule has 7 nitrogen and oxygen atoms in total. The highest BCUT2D eigenvalue weighted by molar-refractivity contribution is 7.99. The van der Waals surface area contributed by atoms with Crippen LogP contribution in [-0.4, -0.2) is 40.6 Å². The molecule has 4 aromatic rings. The van der Waals surface area contributed by atoms with Crippen LogP contribution >= 0.6 is 11.8 Å². The number of methoxy groups -OCH3 is 2. The molecule has 0 unspecified atom stereocenters. The van der Waals surface area contributed by atoms with Gasteiger partial charge in [0, 0.05) is 11.6 Å². The minimum Gasteiger partial charge on any atom is -0.497 e. The highest BCUT2D eigenvalue weighted by Crippen LogP contribution is 2.30. The van der Waals surface area contributed by atoms with E-state index < -0.39 is 0 Å². The molecule has 0 aliphatic carbocycles. The van der Waals surface area contributed by atoms with Gasteiger partial charge in [-0.1, -0.05) is 72.4 Å². The van der Waals surface area contributed by atoms with Gasteiger partial charge in [-0.3, -0.25) is 9.36 Å². The lowest BCUT2D eigenvalue weighted by atomic mass is 10.2. The van der Waals surface area contributed by atoms with Gasteiger partial charge in [0.15, 0.2) is 11.0 Å². The standard InChI is InChI=1S/C25H24N4O3S/c1-31-20-13-14-21(22(15-20)32-2)26-23(30)17-33-25-28-27-24(19-11-7-4-8-12-19)29(25)16-18-9-5-3-6-10-18/h3-15H,16-17H2,1-2H3,(H,26,30). The van der Waals surface area contributed by atoms with Crippen molar-refractivity contribution in [2.45, 2.75) is 11.7 Å². The van der Waals surface area contributed by atoms with Crippen molar-refractivity contribution < 1.29 is 14.3 Å². The first-order chi connectivity index (χ1) is 16.2. The molecule has 0 aliphatic heterocycles. The summed E-state index contributed by atoms with van der Waals surface area (Å²) >= 11 is 1.34. The molecule has 1 heterocycles. The Kier molecular flexibility index (Phi) is 7.26. The molecule has 0 saturated heterocycles. The van der Waals surface area contributed by atoms with Gasteiger partial charge in [0.05, 0.1) is 32.2 Å². The number of rotatable bonds is 9. The number of carbonyl (C=O) groups excluding carboxylic acids is 1. The topological polar surface area (TPSA) is 78.3 Å². The minimum atomic E-state index is -0.168. The Bertz CT molecular complexity index is 1210. The largest absolute Gasteiger partial charge is 0.497 e. The highest BCUT2D eigenvalue weighted by atomic mass is 32.2. The van der Waals surface area contributed by atoms with Gasteiger partial charge in [-0.25, -0.2) is 0 Å². The van der Waals surface area contributed by atoms with Crippen molar-refractivity contribution in [3.05, 3.63) is 84.4 Å². The average Bonchev–Trinajstić information content (AvgIpc) is 3.26. The molecule has 0 spiro atoms. The molecule has 0 bridgehead atoms. The van der Waals surface area contributed by atoms with Crippen molar-refractivity contribution >= 4 is 23.4 Å². The van der Waals surface area contributed by atoms with E-state index in [4.69, 9.17) is 9.47 Å². The number of benzene rings is 3. The Balaban J connectivity index is 1.52. The summed E-state index contributed by atoms with van der Waals surface area (Å²) < 4.78 is 12.6. The number of amides is 1. The summed E-state index contributed by atoms with van der Waals surface area (Å²) in [6, 6.07) is 25.3. The second-order valence-corrected chi connectivity index (χ2v) is 8.09. The normalized spacial score (nSPS) is 10.6. The fraction of sp³-hybridized carbons (Fsp3) is 0.160. The third-order valence-electron chi connectivity index (χ3n) is 4.95. The van der Waals surface area contributed by atoms with E-state index in [1.807, 2.05) is 53.1 Å². The maximum absolute atomic E-state index is 12.7. The quantitative estimate of drug-likeness (QED) is 0.364. The summed E-state index contributed by atoms with van der Waals surface area (Å²) in [6.45, 7) is 0.605. The number of aromatic nitrogens is 3. The van der Waals surface area contributed by atoms with Gasteiger partial charge in [0.25, 0.3) is 0 Å². The maximum atomic E-state index is 12.7. The van der Waals surface area contributed by atoms with E-state index in [0.717, 1.165) is 17.0 Å². The fourth-order valence-electron chi connectivity index (χ4n) is 3.32. The van der Waals surface area contributed by atoms with Crippen LogP contribution in [0.1, 0.15) is 5.56 Å². The molecule has 0 fully saturated rings. The van der Waals surface area contributed by atoms with Crippen molar-refractivity contribution in [1.29, 1.82) is 0 Å². The van der Waals surface area contributed by atoms with Gasteiger partial charge in [-0.15, -0.1) is 10.2 Å². The van der Waals surface area contributed by atoms with E-state index in [9.17, 15) is 4.79 Å². The summed E-state index contributed by atoms with van der Waals surface area (Å²) in [7, 11) is 3.13. The van der Waals surface area contributed by atoms with Gasteiger partial charge in [-0.2, -0.15) is 0 Å². The predicted molar refractivity (Wildman–Crippen MR) is 130 cm³/mol. The van der Waals surface area contributed by atoms with E-state index in [-0.39, 0.29) is 11.7 Å². The van der Waals surface area contributed by atoms with Crippen LogP contribution < -0.4 is 14.8 Å². The van der Waals surface area contributed by atoms with Crippen molar-refractivity contribution in [3.8, 4) is 22.9 Å². The second kappa shape index (κ2) is 10.7. The Morgan fingerprint density at radius 2 is 1.67 bits per heavy atom. The Hall–Kier alpha value is -3.78. The number of nitrogens with zero attached hydrogens (tertiary/aromatic N) is 3. The Labute approximate surface area is 196 Å². The zero-order valence-electron chi connectivity index (χ0n) is 18.4. The molecule has 33 heavy (non-hydrogen) atoms. The first-order valence-corrected chi connectivity index (χ1v) is 11.3. The zero-order chi connectivity index (χ0) is 23.0. The van der Waals surface area contributed by atoms with Crippen molar-refractivity contribution in [2.24, 2.45) is 0 Å². The number of ether oxygens (including phenoxy) is 2. The Morgan fingerprint density at radius 1 is 0.939 bits per heavy atom. The molecular formula is C25H24N4O3S. The summed E-state index contributed by atoms with van der Waals surface area (Å²) in [5.74, 6) is 1.96. The molecular weight excluding hydrogens is 436 g/mol. The highest BCUT2D eigenvalue weighted by Gasteiger charge is 2.17. The third kappa shape index (κ3) is 5.53. The molecule has 8 heteroatoms. The van der Waals surface area contributed by atoms with E-state index in [2.05, 4.69) is 27.6 Å². The first-order valence-electron chi connectivity index (χ1n) is 10.3. The SMILES string of the molecule is COc1ccc(NC(=O)CSc2nnc(-c3ccccc3)n2Cc2ccccc2)c(OC)c1. The molecule has 0 atom stereocenters. The van der Waals surface area contributed by atoms with Crippen molar-refractivity contribution in [1.82, 2.24) is 14.8 Å². The van der Waals surface area contributed by atoms with E-state index >= 15 is 0 Å². The molecule has 168 valence electrons. The minimum absolute atomic E-state index is 0.168. The smallest absolute Gasteiger partial charge is 0.234 e. The van der Waals surface area contributed by atoms with Crippen LogP contribution in [0.15, 0.2) is 84.0 Å². The number of hydrogen-bond acceptors (Lipinski definition) is 6. The molecule has 1 N–H and O–H groups in total. The molecule has 0 radical (unpaired) electrons.